The van der Waals surface area contributed by atoms with Crippen LogP contribution in [0.2, 0.25) is 0 Å². The van der Waals surface area contributed by atoms with Gasteiger partial charge in [0.15, 0.2) is 0 Å². The highest BCUT2D eigenvalue weighted by atomic mass is 14.7. The second-order valence-electron chi connectivity index (χ2n) is 2.09. The fourth-order valence-corrected chi connectivity index (χ4v) is 0.658. The van der Waals surface area contributed by atoms with Gasteiger partial charge in [0.2, 0.25) is 0 Å². The first-order chi connectivity index (χ1) is 4.85. The molecule has 0 radical (unpaired) electrons. The number of nitrogens with zero attached hydrogens (tertiary/aromatic N) is 1. The van der Waals surface area contributed by atoms with Crippen molar-refractivity contribution in [2.75, 3.05) is 6.54 Å². The minimum Gasteiger partial charge on any atom is -0.297 e. The van der Waals surface area contributed by atoms with Crippen LogP contribution in [0.4, 0.5) is 0 Å². The predicted molar refractivity (Wildman–Crippen MR) is 47.6 cm³/mol. The van der Waals surface area contributed by atoms with Crippen molar-refractivity contribution in [1.29, 1.82) is 0 Å². The van der Waals surface area contributed by atoms with Crippen LogP contribution < -0.4 is 0 Å². The lowest BCUT2D eigenvalue weighted by atomic mass is 10.2. The Labute approximate surface area is 63.2 Å². The van der Waals surface area contributed by atoms with Crippen LogP contribution in [0.25, 0.3) is 0 Å². The molecule has 0 aliphatic heterocycles. The molecule has 0 bridgehead atoms. The monoisotopic (exact) mass is 137 g/mol. The zero-order valence-electron chi connectivity index (χ0n) is 6.80. The molecule has 0 saturated heterocycles. The van der Waals surface area contributed by atoms with Crippen LogP contribution in [0.5, 0.6) is 0 Å². The van der Waals surface area contributed by atoms with Gasteiger partial charge in [0, 0.05) is 0 Å². The van der Waals surface area contributed by atoms with Gasteiger partial charge in [-0.1, -0.05) is 25.2 Å². The maximum absolute atomic E-state index is 3.81. The summed E-state index contributed by atoms with van der Waals surface area (Å²) in [4.78, 5) is 3.81. The number of allylic oxidation sites excluding steroid dienone is 3. The molecular weight excluding hydrogens is 122 g/mol. The zero-order valence-corrected chi connectivity index (χ0v) is 6.80. The van der Waals surface area contributed by atoms with Crippen molar-refractivity contribution >= 4 is 6.72 Å². The summed E-state index contributed by atoms with van der Waals surface area (Å²) in [5, 5.41) is 0. The lowest BCUT2D eigenvalue weighted by Gasteiger charge is -1.95. The molecule has 0 spiro atoms. The van der Waals surface area contributed by atoms with E-state index in [1.165, 1.54) is 5.57 Å². The average Bonchev–Trinajstić information content (AvgIpc) is 1.98. The van der Waals surface area contributed by atoms with E-state index in [1.807, 2.05) is 19.1 Å². The standard InChI is InChI=1S/C9H15N/c1-4-6-7-9(5-2)8-10-3/h4,6-7H,3,5,8H2,1-2H3/b6-4-,9-7+. The summed E-state index contributed by atoms with van der Waals surface area (Å²) in [7, 11) is 0. The van der Waals surface area contributed by atoms with Gasteiger partial charge < -0.3 is 0 Å². The predicted octanol–water partition coefficient (Wildman–Crippen LogP) is 2.60. The first kappa shape index (κ1) is 9.15. The van der Waals surface area contributed by atoms with E-state index >= 15 is 0 Å². The van der Waals surface area contributed by atoms with Crippen LogP contribution in [-0.4, -0.2) is 13.3 Å². The molecule has 0 aliphatic carbocycles. The highest BCUT2D eigenvalue weighted by Gasteiger charge is 1.86. The molecule has 10 heavy (non-hydrogen) atoms. The molecule has 1 heteroatoms. The van der Waals surface area contributed by atoms with Crippen molar-refractivity contribution in [3.63, 3.8) is 0 Å². The SMILES string of the molecule is C=NC/C(=C/C=C\C)CC. The molecule has 0 atom stereocenters. The third-order valence-corrected chi connectivity index (χ3v) is 1.29. The highest BCUT2D eigenvalue weighted by molar-refractivity contribution is 5.25. The Kier molecular flexibility index (Phi) is 5.74. The topological polar surface area (TPSA) is 12.4 Å². The van der Waals surface area contributed by atoms with Crippen LogP contribution >= 0.6 is 0 Å². The first-order valence-corrected chi connectivity index (χ1v) is 3.58. The molecule has 56 valence electrons. The molecule has 1 nitrogen and oxygen atoms in total. The van der Waals surface area contributed by atoms with Gasteiger partial charge in [0.05, 0.1) is 6.54 Å². The largest absolute Gasteiger partial charge is 0.297 e. The Morgan fingerprint density at radius 1 is 1.60 bits per heavy atom. The first-order valence-electron chi connectivity index (χ1n) is 3.58. The van der Waals surface area contributed by atoms with Crippen molar-refractivity contribution in [2.45, 2.75) is 20.3 Å². The zero-order chi connectivity index (χ0) is 7.82. The highest BCUT2D eigenvalue weighted by Crippen LogP contribution is 2.00. The van der Waals surface area contributed by atoms with E-state index in [0.29, 0.717) is 0 Å². The molecule has 0 fully saturated rings. The fraction of sp³-hybridized carbons (Fsp3) is 0.444. The quantitative estimate of drug-likeness (QED) is 0.417. The number of hydrogen-bond donors (Lipinski definition) is 0. The maximum Gasteiger partial charge on any atom is 0.0595 e. The second kappa shape index (κ2) is 6.27. The van der Waals surface area contributed by atoms with E-state index in [-0.39, 0.29) is 0 Å². The maximum atomic E-state index is 3.81. The minimum atomic E-state index is 0.765. The Hall–Kier alpha value is -0.850. The van der Waals surface area contributed by atoms with Crippen LogP contribution in [0.1, 0.15) is 20.3 Å². The summed E-state index contributed by atoms with van der Waals surface area (Å²) in [6.07, 6.45) is 7.20. The van der Waals surface area contributed by atoms with E-state index in [9.17, 15) is 0 Å². The number of hydrogen-bond acceptors (Lipinski definition) is 1. The van der Waals surface area contributed by atoms with E-state index < -0.39 is 0 Å². The summed E-state index contributed by atoms with van der Waals surface area (Å²) in [6, 6.07) is 0. The van der Waals surface area contributed by atoms with E-state index in [4.69, 9.17) is 0 Å². The van der Waals surface area contributed by atoms with Gasteiger partial charge in [0.1, 0.15) is 0 Å². The van der Waals surface area contributed by atoms with Crippen molar-refractivity contribution in [3.05, 3.63) is 23.8 Å². The number of aliphatic imine (C=N–C) groups is 1. The van der Waals surface area contributed by atoms with Gasteiger partial charge in [-0.2, -0.15) is 0 Å². The van der Waals surface area contributed by atoms with Crippen LogP contribution in [0.15, 0.2) is 28.8 Å². The van der Waals surface area contributed by atoms with Gasteiger partial charge in [-0.25, -0.2) is 0 Å². The summed E-state index contributed by atoms with van der Waals surface area (Å²) < 4.78 is 0. The van der Waals surface area contributed by atoms with E-state index in [0.717, 1.165) is 13.0 Å². The van der Waals surface area contributed by atoms with E-state index in [2.05, 4.69) is 24.7 Å². The fourth-order valence-electron chi connectivity index (χ4n) is 0.658. The van der Waals surface area contributed by atoms with Gasteiger partial charge in [0.25, 0.3) is 0 Å². The van der Waals surface area contributed by atoms with Crippen LogP contribution in [-0.2, 0) is 0 Å². The molecule has 0 N–H and O–H groups in total. The Morgan fingerprint density at radius 2 is 2.30 bits per heavy atom. The molecule has 0 aromatic carbocycles. The van der Waals surface area contributed by atoms with Gasteiger partial charge in [-0.05, 0) is 25.6 Å². The molecule has 0 aliphatic rings. The van der Waals surface area contributed by atoms with Gasteiger partial charge >= 0.3 is 0 Å². The Morgan fingerprint density at radius 3 is 2.70 bits per heavy atom. The smallest absolute Gasteiger partial charge is 0.0595 e. The third kappa shape index (κ3) is 4.07. The Balaban J connectivity index is 3.89. The summed E-state index contributed by atoms with van der Waals surface area (Å²) in [5.74, 6) is 0. The molecule has 0 amide bonds. The summed E-state index contributed by atoms with van der Waals surface area (Å²) in [6.45, 7) is 8.34. The average molecular weight is 137 g/mol. The van der Waals surface area contributed by atoms with Crippen molar-refractivity contribution in [2.24, 2.45) is 4.99 Å². The van der Waals surface area contributed by atoms with Gasteiger partial charge in [-0.15, -0.1) is 0 Å². The normalized spacial score (nSPS) is 12.4. The molecule has 0 heterocycles. The summed E-state index contributed by atoms with van der Waals surface area (Å²) >= 11 is 0. The molecule has 0 aromatic heterocycles. The summed E-state index contributed by atoms with van der Waals surface area (Å²) in [5.41, 5.74) is 1.33. The van der Waals surface area contributed by atoms with Gasteiger partial charge in [-0.3, -0.25) is 4.99 Å². The van der Waals surface area contributed by atoms with Crippen molar-refractivity contribution < 1.29 is 0 Å². The van der Waals surface area contributed by atoms with Crippen molar-refractivity contribution in [1.82, 2.24) is 0 Å². The third-order valence-electron chi connectivity index (χ3n) is 1.29. The Bertz CT molecular complexity index is 143. The molecule has 0 saturated carbocycles. The lowest BCUT2D eigenvalue weighted by Crippen LogP contribution is -1.84. The minimum absolute atomic E-state index is 0.765. The molecule has 0 rings (SSSR count). The lowest BCUT2D eigenvalue weighted by molar-refractivity contribution is 1.01. The molecule has 0 aromatic rings. The van der Waals surface area contributed by atoms with E-state index in [1.54, 1.807) is 0 Å². The second-order valence-corrected chi connectivity index (χ2v) is 2.09. The molecule has 0 unspecified atom stereocenters. The van der Waals surface area contributed by atoms with Crippen LogP contribution in [0.3, 0.4) is 0 Å². The number of rotatable bonds is 4. The molecular formula is C9H15N. The van der Waals surface area contributed by atoms with Crippen molar-refractivity contribution in [3.8, 4) is 0 Å². The van der Waals surface area contributed by atoms with Crippen LogP contribution in [0, 0.1) is 0 Å².